The van der Waals surface area contributed by atoms with Gasteiger partial charge in [0.1, 0.15) is 12.6 Å². The van der Waals surface area contributed by atoms with E-state index in [9.17, 15) is 4.79 Å². The Labute approximate surface area is 153 Å². The van der Waals surface area contributed by atoms with Gasteiger partial charge in [0.15, 0.2) is 0 Å². The predicted molar refractivity (Wildman–Crippen MR) is 102 cm³/mol. The summed E-state index contributed by atoms with van der Waals surface area (Å²) in [6.07, 6.45) is 0.499. The molecular weight excluding hydrogens is 340 g/mol. The average molecular weight is 364 g/mol. The van der Waals surface area contributed by atoms with Gasteiger partial charge < -0.3 is 10.2 Å². The zero-order valence-electron chi connectivity index (χ0n) is 14.1. The van der Waals surface area contributed by atoms with Gasteiger partial charge in [0.2, 0.25) is 5.91 Å². The lowest BCUT2D eigenvalue weighted by Gasteiger charge is -2.20. The summed E-state index contributed by atoms with van der Waals surface area (Å²) in [4.78, 5) is 14.7. The molecule has 0 unspecified atom stereocenters. The van der Waals surface area contributed by atoms with Gasteiger partial charge in [0, 0.05) is 22.1 Å². The van der Waals surface area contributed by atoms with Crippen LogP contribution < -0.4 is 10.2 Å². The van der Waals surface area contributed by atoms with Crippen LogP contribution in [0.2, 0.25) is 5.02 Å². The third kappa shape index (κ3) is 6.56. The summed E-state index contributed by atoms with van der Waals surface area (Å²) in [5, 5.41) is 3.90. The topological polar surface area (TPSA) is 33.5 Å². The average Bonchev–Trinajstić information content (AvgIpc) is 2.56. The van der Waals surface area contributed by atoms with Crippen molar-refractivity contribution >= 4 is 29.3 Å². The molecule has 2 N–H and O–H groups in total. The molecular formula is C19H24ClN2OS+. The van der Waals surface area contributed by atoms with E-state index in [4.69, 9.17) is 11.6 Å². The summed E-state index contributed by atoms with van der Waals surface area (Å²) in [5.41, 5.74) is 1.15. The van der Waals surface area contributed by atoms with Crippen LogP contribution in [-0.2, 0) is 4.79 Å². The number of hydrogen-bond donors (Lipinski definition) is 2. The van der Waals surface area contributed by atoms with Crippen LogP contribution in [0.3, 0.4) is 0 Å². The standard InChI is InChI=1S/C19H23ClN2OS/c1-22(2)14-18(15-6-4-3-5-7-15)21-19(23)12-13-24-17-10-8-16(20)9-11-17/h3-11,18H,12-14H2,1-2H3,(H,21,23)/p+1/t18-/m0/s1. The highest BCUT2D eigenvalue weighted by Crippen LogP contribution is 2.21. The van der Waals surface area contributed by atoms with Crippen LogP contribution in [0.5, 0.6) is 0 Å². The van der Waals surface area contributed by atoms with E-state index >= 15 is 0 Å². The van der Waals surface area contributed by atoms with Crippen molar-refractivity contribution in [3.63, 3.8) is 0 Å². The molecule has 24 heavy (non-hydrogen) atoms. The first-order valence-electron chi connectivity index (χ1n) is 8.06. The number of halogens is 1. The Morgan fingerprint density at radius 2 is 1.79 bits per heavy atom. The molecule has 0 aromatic heterocycles. The van der Waals surface area contributed by atoms with Crippen LogP contribution in [0, 0.1) is 0 Å². The number of likely N-dealkylation sites (N-methyl/N-ethyl adjacent to an activating group) is 1. The number of carbonyl (C=O) groups is 1. The van der Waals surface area contributed by atoms with Crippen molar-refractivity contribution < 1.29 is 9.69 Å². The maximum absolute atomic E-state index is 12.3. The molecule has 0 aliphatic rings. The van der Waals surface area contributed by atoms with Crippen molar-refractivity contribution in [3.05, 3.63) is 65.2 Å². The summed E-state index contributed by atoms with van der Waals surface area (Å²) in [6.45, 7) is 0.861. The van der Waals surface area contributed by atoms with Gasteiger partial charge in [-0.25, -0.2) is 0 Å². The molecule has 3 nitrogen and oxygen atoms in total. The van der Waals surface area contributed by atoms with Crippen LogP contribution in [0.1, 0.15) is 18.0 Å². The second-order valence-corrected chi connectivity index (χ2v) is 7.60. The number of benzene rings is 2. The molecule has 5 heteroatoms. The number of hydrogen-bond acceptors (Lipinski definition) is 2. The lowest BCUT2D eigenvalue weighted by molar-refractivity contribution is -0.860. The molecule has 1 amide bonds. The molecule has 0 spiro atoms. The molecule has 0 bridgehead atoms. The highest BCUT2D eigenvalue weighted by atomic mass is 35.5. The van der Waals surface area contributed by atoms with Crippen molar-refractivity contribution in [1.82, 2.24) is 5.32 Å². The van der Waals surface area contributed by atoms with E-state index in [-0.39, 0.29) is 11.9 Å². The van der Waals surface area contributed by atoms with Crippen LogP contribution in [0.15, 0.2) is 59.5 Å². The Hall–Kier alpha value is -1.49. The number of thioether (sulfide) groups is 1. The van der Waals surface area contributed by atoms with Gasteiger partial charge in [-0.05, 0) is 29.8 Å². The Kier molecular flexibility index (Phi) is 7.63. The zero-order chi connectivity index (χ0) is 17.4. The van der Waals surface area contributed by atoms with Crippen molar-refractivity contribution in [2.45, 2.75) is 17.4 Å². The summed E-state index contributed by atoms with van der Waals surface area (Å²) < 4.78 is 0. The van der Waals surface area contributed by atoms with Gasteiger partial charge in [0.25, 0.3) is 0 Å². The Balaban J connectivity index is 1.85. The summed E-state index contributed by atoms with van der Waals surface area (Å²) >= 11 is 7.55. The molecule has 0 aliphatic carbocycles. The minimum absolute atomic E-state index is 0.0456. The molecule has 0 heterocycles. The Morgan fingerprint density at radius 1 is 1.12 bits per heavy atom. The summed E-state index contributed by atoms with van der Waals surface area (Å²) in [7, 11) is 4.19. The fourth-order valence-electron chi connectivity index (χ4n) is 2.40. The maximum Gasteiger partial charge on any atom is 0.221 e. The molecule has 128 valence electrons. The molecule has 0 aliphatic heterocycles. The fraction of sp³-hybridized carbons (Fsp3) is 0.316. The number of amides is 1. The highest BCUT2D eigenvalue weighted by molar-refractivity contribution is 7.99. The summed E-state index contributed by atoms with van der Waals surface area (Å²) in [6, 6.07) is 17.9. The quantitative estimate of drug-likeness (QED) is 0.707. The van der Waals surface area contributed by atoms with Crippen LogP contribution in [0.25, 0.3) is 0 Å². The van der Waals surface area contributed by atoms with Gasteiger partial charge >= 0.3 is 0 Å². The van der Waals surface area contributed by atoms with Crippen molar-refractivity contribution in [3.8, 4) is 0 Å². The first-order chi connectivity index (χ1) is 11.5. The lowest BCUT2D eigenvalue weighted by Crippen LogP contribution is -3.06. The molecule has 1 atom stereocenters. The zero-order valence-corrected chi connectivity index (χ0v) is 15.7. The van der Waals surface area contributed by atoms with Crippen LogP contribution in [-0.4, -0.2) is 32.3 Å². The Morgan fingerprint density at radius 3 is 2.42 bits per heavy atom. The van der Waals surface area contributed by atoms with Crippen molar-refractivity contribution in [1.29, 1.82) is 0 Å². The van der Waals surface area contributed by atoms with Crippen molar-refractivity contribution in [2.75, 3.05) is 26.4 Å². The number of rotatable bonds is 8. The third-order valence-electron chi connectivity index (χ3n) is 3.56. The molecule has 0 saturated carbocycles. The molecule has 2 rings (SSSR count). The van der Waals surface area contributed by atoms with E-state index in [0.29, 0.717) is 6.42 Å². The number of quaternary nitrogens is 1. The minimum Gasteiger partial charge on any atom is -0.344 e. The molecule has 2 aromatic carbocycles. The number of nitrogens with one attached hydrogen (secondary N) is 2. The van der Waals surface area contributed by atoms with Crippen LogP contribution in [0.4, 0.5) is 0 Å². The Bertz CT molecular complexity index is 632. The fourth-order valence-corrected chi connectivity index (χ4v) is 3.38. The second-order valence-electron chi connectivity index (χ2n) is 5.99. The maximum atomic E-state index is 12.3. The van der Waals surface area contributed by atoms with E-state index < -0.39 is 0 Å². The van der Waals surface area contributed by atoms with E-state index in [2.05, 4.69) is 31.5 Å². The molecule has 0 radical (unpaired) electrons. The van der Waals surface area contributed by atoms with Crippen molar-refractivity contribution in [2.24, 2.45) is 0 Å². The van der Waals surface area contributed by atoms with E-state index in [1.165, 1.54) is 4.90 Å². The predicted octanol–water partition coefficient (Wildman–Crippen LogP) is 2.82. The monoisotopic (exact) mass is 363 g/mol. The minimum atomic E-state index is 0.0456. The molecule has 0 fully saturated rings. The highest BCUT2D eigenvalue weighted by Gasteiger charge is 2.17. The van der Waals surface area contributed by atoms with E-state index in [1.807, 2.05) is 42.5 Å². The van der Waals surface area contributed by atoms with Gasteiger partial charge in [-0.15, -0.1) is 11.8 Å². The third-order valence-corrected chi connectivity index (χ3v) is 4.83. The smallest absolute Gasteiger partial charge is 0.221 e. The first kappa shape index (κ1) is 18.8. The van der Waals surface area contributed by atoms with E-state index in [1.54, 1.807) is 11.8 Å². The molecule has 2 aromatic rings. The van der Waals surface area contributed by atoms with Gasteiger partial charge in [-0.3, -0.25) is 4.79 Å². The normalized spacial score (nSPS) is 12.2. The largest absolute Gasteiger partial charge is 0.344 e. The number of carbonyl (C=O) groups excluding carboxylic acids is 1. The van der Waals surface area contributed by atoms with E-state index in [0.717, 1.165) is 27.8 Å². The first-order valence-corrected chi connectivity index (χ1v) is 9.42. The summed E-state index contributed by atoms with van der Waals surface area (Å²) in [5.74, 6) is 0.843. The second kappa shape index (κ2) is 9.72. The van der Waals surface area contributed by atoms with Crippen LogP contribution >= 0.6 is 23.4 Å². The van der Waals surface area contributed by atoms with Gasteiger partial charge in [-0.1, -0.05) is 41.9 Å². The SMILES string of the molecule is C[NH+](C)C[C@H](NC(=O)CCSc1ccc(Cl)cc1)c1ccccc1. The van der Waals surface area contributed by atoms with Gasteiger partial charge in [0.05, 0.1) is 14.1 Å². The molecule has 0 saturated heterocycles. The van der Waals surface area contributed by atoms with Gasteiger partial charge in [-0.2, -0.15) is 0 Å². The lowest BCUT2D eigenvalue weighted by atomic mass is 10.1.